The molecule has 0 saturated carbocycles. The summed E-state index contributed by atoms with van der Waals surface area (Å²) in [6, 6.07) is 10.3. The smallest absolute Gasteiger partial charge is 0.269 e. The minimum absolute atomic E-state index is 0.165. The molecule has 112 valence electrons. The van der Waals surface area contributed by atoms with Crippen LogP contribution in [-0.2, 0) is 12.7 Å². The molecule has 3 nitrogen and oxygen atoms in total. The highest BCUT2D eigenvalue weighted by Crippen LogP contribution is 2.43. The van der Waals surface area contributed by atoms with E-state index in [1.54, 1.807) is 41.0 Å². The third-order valence-corrected chi connectivity index (χ3v) is 3.89. The summed E-state index contributed by atoms with van der Waals surface area (Å²) in [6.45, 7) is 0.901. The summed E-state index contributed by atoms with van der Waals surface area (Å²) in [4.78, 5) is 0. The lowest BCUT2D eigenvalue weighted by molar-refractivity contribution is -0.659. The number of rotatable bonds is 1. The zero-order valence-electron chi connectivity index (χ0n) is 11.2. The standard InChI is InChI=1S/C15H9ClF3N3/c16-12-11(15(17,18)19)10(8-20)14-21-6-7-22(14)13(12)9-4-2-1-3-5-9/h1-5H,6-7H2/p+1. The third kappa shape index (κ3) is 2.18. The second-order valence-corrected chi connectivity index (χ2v) is 5.19. The van der Waals surface area contributed by atoms with Crippen LogP contribution in [0, 0.1) is 11.3 Å². The Kier molecular flexibility index (Phi) is 3.45. The maximum Gasteiger partial charge on any atom is 0.419 e. The Morgan fingerprint density at radius 3 is 2.50 bits per heavy atom. The topological polar surface area (TPSA) is 39.7 Å². The first kappa shape index (κ1) is 14.7. The van der Waals surface area contributed by atoms with Crippen LogP contribution >= 0.6 is 11.6 Å². The number of nitrogens with zero attached hydrogens (tertiary/aromatic N) is 2. The van der Waals surface area contributed by atoms with Crippen molar-refractivity contribution < 1.29 is 17.7 Å². The fourth-order valence-corrected chi connectivity index (χ4v) is 3.07. The number of aromatic nitrogens is 1. The molecule has 7 heteroatoms. The molecule has 0 bridgehead atoms. The summed E-state index contributed by atoms with van der Waals surface area (Å²) < 4.78 is 41.8. The van der Waals surface area contributed by atoms with Crippen LogP contribution in [0.25, 0.3) is 11.3 Å². The van der Waals surface area contributed by atoms with Crippen LogP contribution in [-0.4, -0.2) is 6.54 Å². The van der Waals surface area contributed by atoms with Crippen molar-refractivity contribution in [2.24, 2.45) is 0 Å². The number of alkyl halides is 3. The Labute approximate surface area is 129 Å². The Morgan fingerprint density at radius 1 is 1.23 bits per heavy atom. The van der Waals surface area contributed by atoms with Gasteiger partial charge in [-0.2, -0.15) is 18.4 Å². The molecule has 0 fully saturated rings. The van der Waals surface area contributed by atoms with Crippen LogP contribution in [0.5, 0.6) is 0 Å². The molecule has 0 radical (unpaired) electrons. The van der Waals surface area contributed by atoms with Crippen molar-refractivity contribution in [3.05, 3.63) is 46.5 Å². The quantitative estimate of drug-likeness (QED) is 0.814. The fourth-order valence-electron chi connectivity index (χ4n) is 2.66. The number of halogens is 4. The van der Waals surface area contributed by atoms with Gasteiger partial charge in [-0.25, -0.2) is 4.57 Å². The molecule has 1 aromatic carbocycles. The Morgan fingerprint density at radius 2 is 1.91 bits per heavy atom. The lowest BCUT2D eigenvalue weighted by Gasteiger charge is -2.15. The molecule has 0 saturated heterocycles. The van der Waals surface area contributed by atoms with E-state index >= 15 is 0 Å². The highest BCUT2D eigenvalue weighted by atomic mass is 35.5. The van der Waals surface area contributed by atoms with Crippen LogP contribution < -0.4 is 9.88 Å². The number of fused-ring (bicyclic) bond motifs is 1. The molecule has 0 aliphatic carbocycles. The molecule has 0 spiro atoms. The van der Waals surface area contributed by atoms with Crippen molar-refractivity contribution in [1.29, 1.82) is 5.26 Å². The van der Waals surface area contributed by atoms with Crippen molar-refractivity contribution in [3.8, 4) is 17.3 Å². The van der Waals surface area contributed by atoms with E-state index in [2.05, 4.69) is 5.32 Å². The second kappa shape index (κ2) is 5.18. The maximum atomic E-state index is 13.4. The van der Waals surface area contributed by atoms with Gasteiger partial charge in [0.1, 0.15) is 29.7 Å². The molecule has 3 rings (SSSR count). The first-order valence-electron chi connectivity index (χ1n) is 6.51. The van der Waals surface area contributed by atoms with Gasteiger partial charge < -0.3 is 0 Å². The number of benzene rings is 1. The van der Waals surface area contributed by atoms with Gasteiger partial charge in [0.2, 0.25) is 0 Å². The van der Waals surface area contributed by atoms with E-state index in [1.807, 2.05) is 0 Å². The lowest BCUT2D eigenvalue weighted by atomic mass is 10.0. The molecular weight excluding hydrogens is 315 g/mol. The van der Waals surface area contributed by atoms with E-state index in [0.29, 0.717) is 18.7 Å². The van der Waals surface area contributed by atoms with Gasteiger partial charge in [0, 0.05) is 5.56 Å². The molecule has 1 aromatic heterocycles. The van der Waals surface area contributed by atoms with Gasteiger partial charge in [-0.15, -0.1) is 0 Å². The van der Waals surface area contributed by atoms with Crippen LogP contribution in [0.4, 0.5) is 19.0 Å². The van der Waals surface area contributed by atoms with Crippen molar-refractivity contribution in [2.45, 2.75) is 12.7 Å². The molecule has 22 heavy (non-hydrogen) atoms. The summed E-state index contributed by atoms with van der Waals surface area (Å²) in [7, 11) is 0. The molecule has 0 unspecified atom stereocenters. The van der Waals surface area contributed by atoms with Gasteiger partial charge >= 0.3 is 6.18 Å². The van der Waals surface area contributed by atoms with Crippen LogP contribution in [0.3, 0.4) is 0 Å². The zero-order chi connectivity index (χ0) is 15.9. The highest BCUT2D eigenvalue weighted by Gasteiger charge is 2.44. The van der Waals surface area contributed by atoms with E-state index in [0.717, 1.165) is 0 Å². The summed E-state index contributed by atoms with van der Waals surface area (Å²) >= 11 is 6.08. The Bertz CT molecular complexity index is 780. The van der Waals surface area contributed by atoms with Crippen molar-refractivity contribution in [2.75, 3.05) is 11.9 Å². The first-order valence-corrected chi connectivity index (χ1v) is 6.89. The van der Waals surface area contributed by atoms with Crippen molar-refractivity contribution >= 4 is 17.4 Å². The predicted molar refractivity (Wildman–Crippen MR) is 75.3 cm³/mol. The molecule has 0 amide bonds. The highest BCUT2D eigenvalue weighted by molar-refractivity contribution is 6.34. The monoisotopic (exact) mass is 324 g/mol. The van der Waals surface area contributed by atoms with Crippen LogP contribution in [0.1, 0.15) is 11.1 Å². The van der Waals surface area contributed by atoms with Gasteiger partial charge in [-0.3, -0.25) is 5.32 Å². The van der Waals surface area contributed by atoms with Gasteiger partial charge in [0.25, 0.3) is 5.82 Å². The summed E-state index contributed by atoms with van der Waals surface area (Å²) in [5.74, 6) is 0.165. The lowest BCUT2D eigenvalue weighted by Crippen LogP contribution is -2.36. The largest absolute Gasteiger partial charge is 0.419 e. The Hall–Kier alpha value is -2.26. The summed E-state index contributed by atoms with van der Waals surface area (Å²) in [6.07, 6.45) is -4.70. The number of nitriles is 1. The van der Waals surface area contributed by atoms with Crippen molar-refractivity contribution in [3.63, 3.8) is 0 Å². The Balaban J connectivity index is 2.42. The molecular formula is C15H10ClF3N3+. The van der Waals surface area contributed by atoms with E-state index in [4.69, 9.17) is 16.9 Å². The number of hydrogen-bond acceptors (Lipinski definition) is 2. The van der Waals surface area contributed by atoms with Crippen LogP contribution in [0.15, 0.2) is 30.3 Å². The minimum atomic E-state index is -4.70. The molecule has 1 aliphatic heterocycles. The summed E-state index contributed by atoms with van der Waals surface area (Å²) in [5.41, 5.74) is -0.702. The van der Waals surface area contributed by atoms with E-state index in [-0.39, 0.29) is 11.5 Å². The summed E-state index contributed by atoms with van der Waals surface area (Å²) in [5, 5.41) is 11.6. The zero-order valence-corrected chi connectivity index (χ0v) is 12.0. The molecule has 0 atom stereocenters. The van der Waals surface area contributed by atoms with Gasteiger partial charge in [-0.05, 0) is 0 Å². The van der Waals surface area contributed by atoms with E-state index in [9.17, 15) is 13.2 Å². The van der Waals surface area contributed by atoms with Crippen LogP contribution in [0.2, 0.25) is 5.02 Å². The molecule has 1 N–H and O–H groups in total. The fraction of sp³-hybridized carbons (Fsp3) is 0.200. The average Bonchev–Trinajstić information content (AvgIpc) is 2.94. The van der Waals surface area contributed by atoms with Gasteiger partial charge in [0.15, 0.2) is 11.3 Å². The van der Waals surface area contributed by atoms with E-state index in [1.165, 1.54) is 0 Å². The van der Waals surface area contributed by atoms with E-state index < -0.39 is 22.3 Å². The first-order chi connectivity index (χ1) is 10.4. The average molecular weight is 325 g/mol. The second-order valence-electron chi connectivity index (χ2n) is 4.82. The normalized spacial score (nSPS) is 13.4. The molecule has 2 heterocycles. The number of pyridine rings is 1. The maximum absolute atomic E-state index is 13.4. The number of anilines is 1. The van der Waals surface area contributed by atoms with Crippen molar-refractivity contribution in [1.82, 2.24) is 0 Å². The predicted octanol–water partition coefficient (Wildman–Crippen LogP) is 3.61. The third-order valence-electron chi connectivity index (χ3n) is 3.52. The molecule has 1 aliphatic rings. The number of nitrogens with one attached hydrogen (secondary N) is 1. The number of hydrogen-bond donors (Lipinski definition) is 1. The minimum Gasteiger partial charge on any atom is -0.269 e. The molecule has 2 aromatic rings. The SMILES string of the molecule is N#Cc1c(C(F)(F)F)c(Cl)c(-c2ccccc2)[n+]2c1NCC2. The van der Waals surface area contributed by atoms with Gasteiger partial charge in [-0.1, -0.05) is 41.9 Å². The van der Waals surface area contributed by atoms with Gasteiger partial charge in [0.05, 0.1) is 0 Å².